The Bertz CT molecular complexity index is 1470. The average molecular weight is 501 g/mol. The van der Waals surface area contributed by atoms with E-state index in [2.05, 4.69) is 5.32 Å². The number of carbonyl (C=O) groups is 2. The van der Waals surface area contributed by atoms with Gasteiger partial charge in [-0.05, 0) is 74.4 Å². The average Bonchev–Trinajstić information content (AvgIpc) is 3.34. The van der Waals surface area contributed by atoms with Gasteiger partial charge in [0, 0.05) is 17.7 Å². The molecule has 4 rings (SSSR count). The first-order valence-corrected chi connectivity index (χ1v) is 11.4. The molecule has 9 nitrogen and oxygen atoms in total. The largest absolute Gasteiger partial charge is 0.486 e. The number of non-ortho nitro benzene ring substituents is 1. The van der Waals surface area contributed by atoms with Crippen molar-refractivity contribution in [2.75, 3.05) is 5.32 Å². The lowest BCUT2D eigenvalue weighted by Crippen LogP contribution is -2.11. The maximum atomic E-state index is 12.8. The summed E-state index contributed by atoms with van der Waals surface area (Å²) in [4.78, 5) is 35.1. The fourth-order valence-corrected chi connectivity index (χ4v) is 3.47. The van der Waals surface area contributed by atoms with E-state index in [1.165, 1.54) is 31.2 Å². The number of nitrogens with zero attached hydrogens (tertiary/aromatic N) is 1. The number of aryl methyl sites for hydroxylation is 2. The van der Waals surface area contributed by atoms with Crippen molar-refractivity contribution in [3.63, 3.8) is 0 Å². The number of nitrogens with one attached hydrogen (secondary N) is 1. The highest BCUT2D eigenvalue weighted by Gasteiger charge is 2.17. The molecule has 1 aromatic heterocycles. The Labute approximate surface area is 212 Å². The Morgan fingerprint density at radius 2 is 1.70 bits per heavy atom. The number of nitro groups is 1. The molecule has 0 unspecified atom stereocenters. The van der Waals surface area contributed by atoms with E-state index < -0.39 is 10.8 Å². The summed E-state index contributed by atoms with van der Waals surface area (Å²) in [7, 11) is 0. The van der Waals surface area contributed by atoms with E-state index in [1.54, 1.807) is 30.3 Å². The van der Waals surface area contributed by atoms with Gasteiger partial charge in [-0.2, -0.15) is 0 Å². The van der Waals surface area contributed by atoms with Crippen LogP contribution in [0.15, 0.2) is 77.2 Å². The number of hydrogen-bond acceptors (Lipinski definition) is 7. The fourth-order valence-electron chi connectivity index (χ4n) is 3.47. The molecule has 1 amide bonds. The lowest BCUT2D eigenvalue weighted by atomic mass is 10.1. The van der Waals surface area contributed by atoms with E-state index in [0.29, 0.717) is 22.8 Å². The van der Waals surface area contributed by atoms with Crippen LogP contribution in [-0.2, 0) is 6.61 Å². The molecule has 0 aliphatic carbocycles. The smallest absolute Gasteiger partial charge is 0.291 e. The van der Waals surface area contributed by atoms with Crippen molar-refractivity contribution in [3.05, 3.63) is 111 Å². The van der Waals surface area contributed by atoms with Gasteiger partial charge < -0.3 is 19.2 Å². The van der Waals surface area contributed by atoms with Crippen molar-refractivity contribution in [3.8, 4) is 17.2 Å². The van der Waals surface area contributed by atoms with Gasteiger partial charge in [0.2, 0.25) is 0 Å². The third kappa shape index (κ3) is 6.40. The molecular weight excluding hydrogens is 476 g/mol. The Kier molecular flexibility index (Phi) is 7.34. The number of ketones is 1. The van der Waals surface area contributed by atoms with Crippen LogP contribution in [0.5, 0.6) is 17.2 Å². The minimum absolute atomic E-state index is 0.00836. The number of anilines is 1. The van der Waals surface area contributed by atoms with Gasteiger partial charge >= 0.3 is 0 Å². The van der Waals surface area contributed by atoms with Gasteiger partial charge in [0.1, 0.15) is 29.6 Å². The zero-order valence-electron chi connectivity index (χ0n) is 20.4. The molecule has 37 heavy (non-hydrogen) atoms. The van der Waals surface area contributed by atoms with E-state index in [0.717, 1.165) is 11.1 Å². The van der Waals surface area contributed by atoms with Crippen molar-refractivity contribution in [1.29, 1.82) is 0 Å². The fraction of sp³-hybridized carbons (Fsp3) is 0.143. The molecule has 0 atom stereocenters. The van der Waals surface area contributed by atoms with Crippen molar-refractivity contribution in [2.24, 2.45) is 0 Å². The van der Waals surface area contributed by atoms with E-state index in [-0.39, 0.29) is 35.3 Å². The number of rotatable bonds is 9. The number of carbonyl (C=O) groups excluding carboxylic acids is 2. The van der Waals surface area contributed by atoms with E-state index in [4.69, 9.17) is 13.9 Å². The summed E-state index contributed by atoms with van der Waals surface area (Å²) in [6.07, 6.45) is 0. The van der Waals surface area contributed by atoms with Crippen LogP contribution >= 0.6 is 0 Å². The zero-order chi connectivity index (χ0) is 26.5. The van der Waals surface area contributed by atoms with Gasteiger partial charge in [-0.3, -0.25) is 19.7 Å². The Balaban J connectivity index is 1.45. The van der Waals surface area contributed by atoms with Crippen LogP contribution in [0, 0.1) is 24.0 Å². The first-order valence-electron chi connectivity index (χ1n) is 11.4. The summed E-state index contributed by atoms with van der Waals surface area (Å²) in [6.45, 7) is 5.33. The van der Waals surface area contributed by atoms with Crippen molar-refractivity contribution in [2.45, 2.75) is 27.4 Å². The summed E-state index contributed by atoms with van der Waals surface area (Å²) < 4.78 is 17.1. The standard InChI is InChI=1S/C28H24N2O7/c1-17-4-5-18(2)27(12-17)37-25-14-21(13-22(15-25)30(33)34)29-28(32)26-11-10-24(36-26)16-35-23-8-6-20(7-9-23)19(3)31/h4-15H,16H2,1-3H3,(H,29,32). The van der Waals surface area contributed by atoms with Gasteiger partial charge in [0.05, 0.1) is 16.7 Å². The Morgan fingerprint density at radius 3 is 2.41 bits per heavy atom. The first-order chi connectivity index (χ1) is 17.7. The summed E-state index contributed by atoms with van der Waals surface area (Å²) in [5, 5.41) is 14.1. The number of hydrogen-bond donors (Lipinski definition) is 1. The molecule has 0 aliphatic heterocycles. The van der Waals surface area contributed by atoms with Crippen LogP contribution < -0.4 is 14.8 Å². The molecule has 9 heteroatoms. The van der Waals surface area contributed by atoms with E-state index in [1.807, 2.05) is 32.0 Å². The highest BCUT2D eigenvalue weighted by Crippen LogP contribution is 2.32. The molecule has 188 valence electrons. The predicted octanol–water partition coefficient (Wildman–Crippen LogP) is 6.63. The molecule has 0 fully saturated rings. The van der Waals surface area contributed by atoms with Gasteiger partial charge in [-0.1, -0.05) is 12.1 Å². The van der Waals surface area contributed by atoms with Gasteiger partial charge in [0.15, 0.2) is 11.5 Å². The van der Waals surface area contributed by atoms with E-state index in [9.17, 15) is 19.7 Å². The Morgan fingerprint density at radius 1 is 0.946 bits per heavy atom. The number of Topliss-reactive ketones (excluding diaryl/α,β-unsaturated/α-hetero) is 1. The van der Waals surface area contributed by atoms with Crippen LogP contribution in [0.25, 0.3) is 0 Å². The molecular formula is C28H24N2O7. The zero-order valence-corrected chi connectivity index (χ0v) is 20.4. The molecule has 0 saturated carbocycles. The number of benzene rings is 3. The molecule has 0 saturated heterocycles. The molecule has 1 N–H and O–H groups in total. The number of amides is 1. The quantitative estimate of drug-likeness (QED) is 0.155. The molecule has 0 radical (unpaired) electrons. The van der Waals surface area contributed by atoms with Crippen molar-refractivity contribution in [1.82, 2.24) is 0 Å². The van der Waals surface area contributed by atoms with Crippen LogP contribution in [0.1, 0.15) is 44.7 Å². The third-order valence-electron chi connectivity index (χ3n) is 5.46. The monoisotopic (exact) mass is 500 g/mol. The van der Waals surface area contributed by atoms with Crippen LogP contribution in [0.4, 0.5) is 11.4 Å². The number of ether oxygens (including phenoxy) is 2. The SMILES string of the molecule is CC(=O)c1ccc(OCc2ccc(C(=O)Nc3cc(Oc4cc(C)ccc4C)cc([N+](=O)[O-])c3)o2)cc1. The second-order valence-electron chi connectivity index (χ2n) is 8.43. The predicted molar refractivity (Wildman–Crippen MR) is 137 cm³/mol. The normalized spacial score (nSPS) is 10.6. The lowest BCUT2D eigenvalue weighted by Gasteiger charge is -2.11. The van der Waals surface area contributed by atoms with Crippen LogP contribution in [-0.4, -0.2) is 16.6 Å². The van der Waals surface area contributed by atoms with Gasteiger partial charge in [0.25, 0.3) is 11.6 Å². The maximum absolute atomic E-state index is 12.8. The van der Waals surface area contributed by atoms with Crippen molar-refractivity contribution >= 4 is 23.1 Å². The maximum Gasteiger partial charge on any atom is 0.291 e. The lowest BCUT2D eigenvalue weighted by molar-refractivity contribution is -0.384. The highest BCUT2D eigenvalue weighted by molar-refractivity contribution is 6.02. The molecule has 3 aromatic carbocycles. The van der Waals surface area contributed by atoms with Gasteiger partial charge in [-0.15, -0.1) is 0 Å². The minimum atomic E-state index is -0.588. The summed E-state index contributed by atoms with van der Waals surface area (Å²) in [6, 6.07) is 19.5. The number of furan rings is 1. The summed E-state index contributed by atoms with van der Waals surface area (Å²) in [5.74, 6) is 1.09. The molecule has 1 heterocycles. The number of nitro benzene ring substituents is 1. The summed E-state index contributed by atoms with van der Waals surface area (Å²) in [5.41, 5.74) is 2.36. The molecule has 0 aliphatic rings. The van der Waals surface area contributed by atoms with Gasteiger partial charge in [-0.25, -0.2) is 0 Å². The topological polar surface area (TPSA) is 121 Å². The van der Waals surface area contributed by atoms with E-state index >= 15 is 0 Å². The molecule has 0 bridgehead atoms. The second kappa shape index (κ2) is 10.8. The summed E-state index contributed by atoms with van der Waals surface area (Å²) >= 11 is 0. The van der Waals surface area contributed by atoms with Crippen molar-refractivity contribution < 1.29 is 28.4 Å². The third-order valence-corrected chi connectivity index (χ3v) is 5.46. The Hall–Kier alpha value is -4.92. The minimum Gasteiger partial charge on any atom is -0.486 e. The molecule has 0 spiro atoms. The highest BCUT2D eigenvalue weighted by atomic mass is 16.6. The first kappa shape index (κ1) is 25.2. The molecule has 4 aromatic rings. The van der Waals surface area contributed by atoms with Crippen LogP contribution in [0.3, 0.4) is 0 Å². The second-order valence-corrected chi connectivity index (χ2v) is 8.43. The van der Waals surface area contributed by atoms with Crippen LogP contribution in [0.2, 0.25) is 0 Å².